The number of aryl methyl sites for hydroxylation is 2. The Balaban J connectivity index is 2.04. The van der Waals surface area contributed by atoms with Crippen molar-refractivity contribution in [1.29, 1.82) is 0 Å². The van der Waals surface area contributed by atoms with Gasteiger partial charge in [0.15, 0.2) is 0 Å². The minimum absolute atomic E-state index is 0.0565. The average Bonchev–Trinajstić information content (AvgIpc) is 2.54. The predicted molar refractivity (Wildman–Crippen MR) is 96.9 cm³/mol. The van der Waals surface area contributed by atoms with Gasteiger partial charge in [0.25, 0.3) is 5.91 Å². The van der Waals surface area contributed by atoms with E-state index in [9.17, 15) is 4.79 Å². The topological polar surface area (TPSA) is 32.3 Å². The number of carbonyl (C=O) groups is 1. The molecule has 0 saturated heterocycles. The molecule has 0 fully saturated rings. The van der Waals surface area contributed by atoms with Gasteiger partial charge in [0.2, 0.25) is 0 Å². The highest BCUT2D eigenvalue weighted by Gasteiger charge is 2.09. The summed E-state index contributed by atoms with van der Waals surface area (Å²) < 4.78 is 0. The van der Waals surface area contributed by atoms with Crippen LogP contribution >= 0.6 is 0 Å². The molecule has 0 heterocycles. The lowest BCUT2D eigenvalue weighted by atomic mass is 10.1. The van der Waals surface area contributed by atoms with E-state index in [2.05, 4.69) is 36.2 Å². The minimum Gasteiger partial charge on any atom is -0.322 e. The molecule has 3 heteroatoms. The van der Waals surface area contributed by atoms with Crippen molar-refractivity contribution in [2.24, 2.45) is 0 Å². The molecule has 3 nitrogen and oxygen atoms in total. The molecular weight excluding hydrogens is 284 g/mol. The fourth-order valence-corrected chi connectivity index (χ4v) is 2.67. The normalized spacial score (nSPS) is 10.8. The quantitative estimate of drug-likeness (QED) is 0.858. The largest absolute Gasteiger partial charge is 0.322 e. The van der Waals surface area contributed by atoms with Crippen LogP contribution < -0.4 is 5.32 Å². The first kappa shape index (κ1) is 17.2. The van der Waals surface area contributed by atoms with Crippen molar-refractivity contribution in [3.8, 4) is 0 Å². The van der Waals surface area contributed by atoms with E-state index in [0.29, 0.717) is 0 Å². The van der Waals surface area contributed by atoms with E-state index >= 15 is 0 Å². The highest BCUT2D eigenvalue weighted by molar-refractivity contribution is 6.05. The van der Waals surface area contributed by atoms with E-state index < -0.39 is 0 Å². The van der Waals surface area contributed by atoms with Crippen LogP contribution in [0.1, 0.15) is 40.9 Å². The van der Waals surface area contributed by atoms with Crippen molar-refractivity contribution >= 4 is 11.6 Å². The summed E-state index contributed by atoms with van der Waals surface area (Å²) in [5.41, 5.74) is 4.99. The van der Waals surface area contributed by atoms with E-state index in [1.807, 2.05) is 44.2 Å². The summed E-state index contributed by atoms with van der Waals surface area (Å²) in [5.74, 6) is -0.0565. The first-order valence-electron chi connectivity index (χ1n) is 8.23. The van der Waals surface area contributed by atoms with E-state index in [0.717, 1.165) is 36.4 Å². The van der Waals surface area contributed by atoms with E-state index in [1.165, 1.54) is 11.1 Å². The van der Waals surface area contributed by atoms with Gasteiger partial charge in [-0.25, -0.2) is 0 Å². The van der Waals surface area contributed by atoms with Crippen LogP contribution in [0.5, 0.6) is 0 Å². The number of hydrogen-bond acceptors (Lipinski definition) is 2. The second kappa shape index (κ2) is 7.93. The highest BCUT2D eigenvalue weighted by Crippen LogP contribution is 2.15. The van der Waals surface area contributed by atoms with Crippen LogP contribution in [-0.4, -0.2) is 23.9 Å². The molecule has 0 bridgehead atoms. The average molecular weight is 310 g/mol. The molecule has 0 aliphatic heterocycles. The zero-order valence-electron chi connectivity index (χ0n) is 14.5. The molecule has 0 unspecified atom stereocenters. The molecule has 122 valence electrons. The van der Waals surface area contributed by atoms with Gasteiger partial charge in [-0.05, 0) is 56.3 Å². The van der Waals surface area contributed by atoms with Gasteiger partial charge >= 0.3 is 0 Å². The fraction of sp³-hybridized carbons (Fsp3) is 0.350. The van der Waals surface area contributed by atoms with Crippen LogP contribution in [0.3, 0.4) is 0 Å². The second-order valence-electron chi connectivity index (χ2n) is 5.93. The number of amides is 1. The number of benzene rings is 2. The molecular formula is C20H26N2O. The predicted octanol–water partition coefficient (Wildman–Crippen LogP) is 4.40. The van der Waals surface area contributed by atoms with Crippen LogP contribution in [0.4, 0.5) is 5.69 Å². The summed E-state index contributed by atoms with van der Waals surface area (Å²) in [6, 6.07) is 14.0. The van der Waals surface area contributed by atoms with Gasteiger partial charge in [-0.1, -0.05) is 43.7 Å². The van der Waals surface area contributed by atoms with Gasteiger partial charge in [0.1, 0.15) is 0 Å². The smallest absolute Gasteiger partial charge is 0.255 e. The zero-order valence-corrected chi connectivity index (χ0v) is 14.5. The van der Waals surface area contributed by atoms with Crippen LogP contribution in [0.2, 0.25) is 0 Å². The minimum atomic E-state index is -0.0565. The Morgan fingerprint density at radius 1 is 1.00 bits per heavy atom. The number of anilines is 1. The fourth-order valence-electron chi connectivity index (χ4n) is 2.67. The van der Waals surface area contributed by atoms with Gasteiger partial charge in [-0.3, -0.25) is 9.69 Å². The maximum Gasteiger partial charge on any atom is 0.255 e. The maximum atomic E-state index is 12.4. The van der Waals surface area contributed by atoms with Crippen molar-refractivity contribution in [3.05, 3.63) is 64.7 Å². The van der Waals surface area contributed by atoms with Crippen molar-refractivity contribution in [2.45, 2.75) is 34.2 Å². The molecule has 2 rings (SSSR count). The van der Waals surface area contributed by atoms with Crippen molar-refractivity contribution in [1.82, 2.24) is 4.90 Å². The van der Waals surface area contributed by atoms with Crippen molar-refractivity contribution in [3.63, 3.8) is 0 Å². The molecule has 0 aromatic heterocycles. The Morgan fingerprint density at radius 3 is 2.22 bits per heavy atom. The van der Waals surface area contributed by atoms with Crippen LogP contribution in [0.15, 0.2) is 42.5 Å². The number of rotatable bonds is 6. The van der Waals surface area contributed by atoms with Crippen LogP contribution in [0.25, 0.3) is 0 Å². The molecule has 1 amide bonds. The summed E-state index contributed by atoms with van der Waals surface area (Å²) in [5, 5.41) is 2.97. The summed E-state index contributed by atoms with van der Waals surface area (Å²) in [4.78, 5) is 14.7. The van der Waals surface area contributed by atoms with Gasteiger partial charge in [-0.15, -0.1) is 0 Å². The molecule has 0 aliphatic carbocycles. The molecule has 0 radical (unpaired) electrons. The van der Waals surface area contributed by atoms with E-state index in [-0.39, 0.29) is 5.91 Å². The number of nitrogens with zero attached hydrogens (tertiary/aromatic N) is 1. The van der Waals surface area contributed by atoms with Crippen LogP contribution in [0, 0.1) is 13.8 Å². The lowest BCUT2D eigenvalue weighted by Crippen LogP contribution is -2.22. The Kier molecular flexibility index (Phi) is 5.94. The van der Waals surface area contributed by atoms with Gasteiger partial charge in [-0.2, -0.15) is 0 Å². The Labute approximate surface area is 139 Å². The van der Waals surface area contributed by atoms with Crippen molar-refractivity contribution in [2.75, 3.05) is 18.4 Å². The zero-order chi connectivity index (χ0) is 16.8. The summed E-state index contributed by atoms with van der Waals surface area (Å²) in [6.07, 6.45) is 0. The molecule has 1 N–H and O–H groups in total. The molecule has 0 spiro atoms. The number of hydrogen-bond donors (Lipinski definition) is 1. The Hall–Kier alpha value is -2.13. The van der Waals surface area contributed by atoms with Gasteiger partial charge < -0.3 is 5.32 Å². The summed E-state index contributed by atoms with van der Waals surface area (Å²) in [6.45, 7) is 11.4. The monoisotopic (exact) mass is 310 g/mol. The van der Waals surface area contributed by atoms with Gasteiger partial charge in [0.05, 0.1) is 0 Å². The first-order valence-corrected chi connectivity index (χ1v) is 8.23. The Morgan fingerprint density at radius 2 is 1.65 bits per heavy atom. The van der Waals surface area contributed by atoms with Gasteiger partial charge in [0, 0.05) is 17.8 Å². The molecule has 0 saturated carbocycles. The van der Waals surface area contributed by atoms with E-state index in [1.54, 1.807) is 0 Å². The Bertz CT molecular complexity index is 658. The van der Waals surface area contributed by atoms with E-state index in [4.69, 9.17) is 0 Å². The highest BCUT2D eigenvalue weighted by atomic mass is 16.1. The lowest BCUT2D eigenvalue weighted by molar-refractivity contribution is 0.102. The molecule has 0 aliphatic rings. The lowest BCUT2D eigenvalue weighted by Gasteiger charge is -2.18. The van der Waals surface area contributed by atoms with Crippen LogP contribution in [-0.2, 0) is 6.54 Å². The molecule has 23 heavy (non-hydrogen) atoms. The molecule has 2 aromatic rings. The standard InChI is InChI=1S/C20H26N2O/c1-5-22(6-2)14-17-8-10-18(11-9-17)21-20(23)19-12-7-15(3)13-16(19)4/h7-13H,5-6,14H2,1-4H3,(H,21,23). The number of carbonyl (C=O) groups excluding carboxylic acids is 1. The van der Waals surface area contributed by atoms with Crippen molar-refractivity contribution < 1.29 is 4.79 Å². The molecule has 2 aromatic carbocycles. The summed E-state index contributed by atoms with van der Waals surface area (Å²) in [7, 11) is 0. The maximum absolute atomic E-state index is 12.4. The molecule has 0 atom stereocenters. The third kappa shape index (κ3) is 4.67. The SMILES string of the molecule is CCN(CC)Cc1ccc(NC(=O)c2ccc(C)cc2C)cc1. The third-order valence-corrected chi connectivity index (χ3v) is 4.14. The summed E-state index contributed by atoms with van der Waals surface area (Å²) >= 11 is 0. The first-order chi connectivity index (χ1) is 11.0. The number of nitrogens with one attached hydrogen (secondary N) is 1. The third-order valence-electron chi connectivity index (χ3n) is 4.14. The second-order valence-corrected chi connectivity index (χ2v) is 5.93.